The van der Waals surface area contributed by atoms with Gasteiger partial charge in [0.2, 0.25) is 5.91 Å². The molecule has 1 spiro atoms. The van der Waals surface area contributed by atoms with Crippen LogP contribution in [0.15, 0.2) is 97.1 Å². The molecule has 0 radical (unpaired) electrons. The molecule has 230 valence electrons. The predicted octanol–water partition coefficient (Wildman–Crippen LogP) is 6.39. The molecule has 1 saturated carbocycles. The molecule has 1 atom stereocenters. The second-order valence-electron chi connectivity index (χ2n) is 11.9. The number of hydrogen-bond donors (Lipinski definition) is 1. The van der Waals surface area contributed by atoms with Crippen LogP contribution in [0.3, 0.4) is 0 Å². The van der Waals surface area contributed by atoms with E-state index >= 15 is 4.79 Å². The van der Waals surface area contributed by atoms with Crippen LogP contribution < -0.4 is 14.8 Å². The Balaban J connectivity index is 1.59. The first-order chi connectivity index (χ1) is 21.9. The molecule has 2 amide bonds. The Morgan fingerprint density at radius 2 is 1.49 bits per heavy atom. The first-order valence-corrected chi connectivity index (χ1v) is 15.5. The van der Waals surface area contributed by atoms with E-state index in [1.54, 1.807) is 31.3 Å². The largest absolute Gasteiger partial charge is 0.497 e. The van der Waals surface area contributed by atoms with Gasteiger partial charge < -0.3 is 19.7 Å². The lowest BCUT2D eigenvalue weighted by molar-refractivity contribution is -0.138. The molecule has 1 aliphatic heterocycles. The van der Waals surface area contributed by atoms with Crippen LogP contribution in [0, 0.1) is 6.92 Å². The number of amides is 2. The lowest BCUT2D eigenvalue weighted by Gasteiger charge is -2.42. The molecule has 3 aromatic carbocycles. The molecule has 45 heavy (non-hydrogen) atoms. The smallest absolute Gasteiger partial charge is 0.257 e. The van der Waals surface area contributed by atoms with Gasteiger partial charge in [0.05, 0.1) is 19.8 Å². The van der Waals surface area contributed by atoms with Gasteiger partial charge in [0.25, 0.3) is 5.91 Å². The molecule has 3 aliphatic rings. The molecule has 0 aromatic heterocycles. The Labute approximate surface area is 264 Å². The van der Waals surface area contributed by atoms with Crippen molar-refractivity contribution in [3.05, 3.63) is 119 Å². The molecule has 0 bridgehead atoms. The van der Waals surface area contributed by atoms with Gasteiger partial charge in [0.1, 0.15) is 23.1 Å². The number of nitrogens with zero attached hydrogens (tertiary/aromatic N) is 1. The average Bonchev–Trinajstić information content (AvgIpc) is 3.31. The number of nitrogens with one attached hydrogen (secondary N) is 1. The van der Waals surface area contributed by atoms with Crippen molar-refractivity contribution >= 4 is 28.7 Å². The van der Waals surface area contributed by atoms with Gasteiger partial charge in [-0.3, -0.25) is 14.4 Å². The van der Waals surface area contributed by atoms with Gasteiger partial charge in [-0.05, 0) is 90.6 Å². The number of rotatable bonds is 8. The summed E-state index contributed by atoms with van der Waals surface area (Å²) in [6.07, 6.45) is 11.6. The second-order valence-corrected chi connectivity index (χ2v) is 11.9. The quantitative estimate of drug-likeness (QED) is 0.323. The van der Waals surface area contributed by atoms with Crippen LogP contribution in [0.1, 0.15) is 60.4 Å². The van der Waals surface area contributed by atoms with E-state index in [1.807, 2.05) is 79.7 Å². The number of allylic oxidation sites excluding steroid dienone is 2. The van der Waals surface area contributed by atoms with E-state index in [9.17, 15) is 9.59 Å². The van der Waals surface area contributed by atoms with Crippen molar-refractivity contribution in [2.75, 3.05) is 14.2 Å². The van der Waals surface area contributed by atoms with Crippen molar-refractivity contribution in [3.63, 3.8) is 0 Å². The lowest BCUT2D eigenvalue weighted by atomic mass is 9.79. The fourth-order valence-corrected chi connectivity index (χ4v) is 6.92. The van der Waals surface area contributed by atoms with Crippen LogP contribution in [0.25, 0.3) is 11.1 Å². The summed E-state index contributed by atoms with van der Waals surface area (Å²) in [5, 5.41) is 3.31. The molecular weight excluding hydrogens is 564 g/mol. The third-order valence-corrected chi connectivity index (χ3v) is 9.16. The predicted molar refractivity (Wildman–Crippen MR) is 175 cm³/mol. The van der Waals surface area contributed by atoms with Crippen molar-refractivity contribution in [2.45, 2.75) is 56.7 Å². The van der Waals surface area contributed by atoms with Crippen molar-refractivity contribution in [1.29, 1.82) is 0 Å². The molecule has 1 unspecified atom stereocenters. The van der Waals surface area contributed by atoms with Crippen molar-refractivity contribution < 1.29 is 23.9 Å². The topological polar surface area (TPSA) is 84.9 Å². The number of methoxy groups -OCH3 is 2. The number of carbonyl (C=O) groups excluding carboxylic acids is 3. The Morgan fingerprint density at radius 3 is 2.11 bits per heavy atom. The number of ketones is 1. The molecule has 3 aromatic rings. The van der Waals surface area contributed by atoms with Crippen molar-refractivity contribution in [3.8, 4) is 11.5 Å². The highest BCUT2D eigenvalue weighted by molar-refractivity contribution is 6.33. The minimum absolute atomic E-state index is 0.0302. The fraction of sp³-hybridized carbons (Fsp3) is 0.289. The first-order valence-electron chi connectivity index (χ1n) is 15.5. The monoisotopic (exact) mass is 602 g/mol. The van der Waals surface area contributed by atoms with Gasteiger partial charge in [-0.15, -0.1) is 0 Å². The van der Waals surface area contributed by atoms with E-state index < -0.39 is 11.6 Å². The summed E-state index contributed by atoms with van der Waals surface area (Å²) in [5.74, 6) is 0.600. The maximum atomic E-state index is 15.1. The van der Waals surface area contributed by atoms with Crippen LogP contribution >= 0.6 is 0 Å². The summed E-state index contributed by atoms with van der Waals surface area (Å²) in [4.78, 5) is 44.0. The average molecular weight is 603 g/mol. The normalized spacial score (nSPS) is 18.4. The zero-order chi connectivity index (χ0) is 31.6. The first kappa shape index (κ1) is 30.1. The highest BCUT2D eigenvalue weighted by atomic mass is 16.5. The zero-order valence-corrected chi connectivity index (χ0v) is 25.9. The van der Waals surface area contributed by atoms with Gasteiger partial charge in [-0.25, -0.2) is 0 Å². The molecule has 7 nitrogen and oxygen atoms in total. The maximum Gasteiger partial charge on any atom is 0.257 e. The molecule has 0 saturated heterocycles. The van der Waals surface area contributed by atoms with E-state index in [2.05, 4.69) is 5.32 Å². The van der Waals surface area contributed by atoms with Gasteiger partial charge in [-0.1, -0.05) is 67.8 Å². The van der Waals surface area contributed by atoms with E-state index in [0.717, 1.165) is 43.2 Å². The summed E-state index contributed by atoms with van der Waals surface area (Å²) in [6.45, 7) is 1.93. The highest BCUT2D eigenvalue weighted by Crippen LogP contribution is 2.52. The van der Waals surface area contributed by atoms with Crippen LogP contribution in [0.2, 0.25) is 0 Å². The molecule has 1 fully saturated rings. The number of aryl methyl sites for hydroxylation is 1. The number of benzene rings is 3. The van der Waals surface area contributed by atoms with Crippen LogP contribution in [-0.4, -0.2) is 48.3 Å². The van der Waals surface area contributed by atoms with Crippen LogP contribution in [0.5, 0.6) is 11.5 Å². The molecular formula is C38H38N2O5. The van der Waals surface area contributed by atoms with Gasteiger partial charge in [0.15, 0.2) is 5.78 Å². The lowest BCUT2D eigenvalue weighted by Crippen LogP contribution is -2.54. The third-order valence-electron chi connectivity index (χ3n) is 9.16. The fourth-order valence-electron chi connectivity index (χ4n) is 6.92. The number of hydrogen-bond acceptors (Lipinski definition) is 5. The Kier molecular flexibility index (Phi) is 8.44. The van der Waals surface area contributed by atoms with Crippen molar-refractivity contribution in [1.82, 2.24) is 10.2 Å². The third kappa shape index (κ3) is 5.59. The SMILES string of the molecule is COc1ccc(C2=C(c3ccccc3)C3(C=CC(=O)C=C3)N(C(C(=O)NC3CCCCC3)c3ccc(OC)cc3C)C2=O)cc1. The van der Waals surface area contributed by atoms with Gasteiger partial charge in [-0.2, -0.15) is 0 Å². The second kappa shape index (κ2) is 12.6. The molecule has 2 aliphatic carbocycles. The van der Waals surface area contributed by atoms with Crippen molar-refractivity contribution in [2.24, 2.45) is 0 Å². The van der Waals surface area contributed by atoms with Crippen LogP contribution in [0.4, 0.5) is 0 Å². The van der Waals surface area contributed by atoms with Crippen LogP contribution in [-0.2, 0) is 14.4 Å². The van der Waals surface area contributed by atoms with Gasteiger partial charge in [0, 0.05) is 11.6 Å². The minimum Gasteiger partial charge on any atom is -0.497 e. The zero-order valence-electron chi connectivity index (χ0n) is 25.9. The summed E-state index contributed by atoms with van der Waals surface area (Å²) in [7, 11) is 3.20. The van der Waals surface area contributed by atoms with E-state index in [1.165, 1.54) is 12.2 Å². The molecule has 6 rings (SSSR count). The maximum absolute atomic E-state index is 15.1. The van der Waals surface area contributed by atoms with E-state index in [0.29, 0.717) is 33.8 Å². The van der Waals surface area contributed by atoms with Gasteiger partial charge >= 0.3 is 0 Å². The summed E-state index contributed by atoms with van der Waals surface area (Å²) in [6, 6.07) is 21.7. The summed E-state index contributed by atoms with van der Waals surface area (Å²) >= 11 is 0. The Bertz CT molecular complexity index is 1680. The molecule has 1 N–H and O–H groups in total. The standard InChI is InChI=1S/C38H38N2O5/c1-25-24-31(45-3)18-19-32(25)35(36(42)39-28-12-8-5-9-13-28)40-37(43)33(26-14-16-30(44-2)17-15-26)34(27-10-6-4-7-11-27)38(40)22-20-29(41)21-23-38/h4,6-7,10-11,14-24,28,35H,5,8-9,12-13H2,1-3H3,(H,39,42). The minimum atomic E-state index is -1.22. The summed E-state index contributed by atoms with van der Waals surface area (Å²) in [5.41, 5.74) is 2.98. The molecule has 1 heterocycles. The Hall–Kier alpha value is -4.91. The number of carbonyl (C=O) groups is 3. The van der Waals surface area contributed by atoms with E-state index in [-0.39, 0.29) is 23.6 Å². The molecule has 7 heteroatoms. The Morgan fingerprint density at radius 1 is 0.844 bits per heavy atom. The summed E-state index contributed by atoms with van der Waals surface area (Å²) < 4.78 is 10.9. The highest BCUT2D eigenvalue weighted by Gasteiger charge is 2.54. The van der Waals surface area contributed by atoms with E-state index in [4.69, 9.17) is 9.47 Å². The number of ether oxygens (including phenoxy) is 2.